The Hall–Kier alpha value is -2.82. The number of rotatable bonds is 2. The number of H-pyrrole nitrogens is 2. The highest BCUT2D eigenvalue weighted by Gasteiger charge is 2.20. The van der Waals surface area contributed by atoms with Gasteiger partial charge in [0.05, 0.1) is 5.39 Å². The Kier molecular flexibility index (Phi) is 3.53. The second-order valence-corrected chi connectivity index (χ2v) is 6.61. The third kappa shape index (κ3) is 2.47. The zero-order chi connectivity index (χ0) is 17.7. The van der Waals surface area contributed by atoms with E-state index in [2.05, 4.69) is 40.9 Å². The Morgan fingerprint density at radius 2 is 2.00 bits per heavy atom. The summed E-state index contributed by atoms with van der Waals surface area (Å²) < 4.78 is 6.00. The Morgan fingerprint density at radius 1 is 1.20 bits per heavy atom. The molecule has 1 aliphatic heterocycles. The smallest absolute Gasteiger partial charge is 0.261 e. The summed E-state index contributed by atoms with van der Waals surface area (Å²) in [7, 11) is 0. The first-order valence-electron chi connectivity index (χ1n) is 8.57. The number of benzene rings is 1. The minimum absolute atomic E-state index is 0.111. The van der Waals surface area contributed by atoms with Gasteiger partial charge in [-0.05, 0) is 50.5 Å². The summed E-state index contributed by atoms with van der Waals surface area (Å²) in [5.41, 5.74) is 4.83. The van der Waals surface area contributed by atoms with E-state index in [9.17, 15) is 4.79 Å². The van der Waals surface area contributed by atoms with Crippen molar-refractivity contribution in [2.75, 3.05) is 0 Å². The number of nitrogens with zero attached hydrogens (tertiary/aromatic N) is 1. The van der Waals surface area contributed by atoms with E-state index in [1.807, 2.05) is 19.1 Å². The second-order valence-electron chi connectivity index (χ2n) is 6.61. The molecule has 0 saturated heterocycles. The quantitative estimate of drug-likeness (QED) is 0.737. The summed E-state index contributed by atoms with van der Waals surface area (Å²) in [6, 6.07) is 6.09. The molecule has 1 unspecified atom stereocenters. The highest BCUT2D eigenvalue weighted by Crippen LogP contribution is 2.34. The van der Waals surface area contributed by atoms with Crippen molar-refractivity contribution >= 4 is 27.5 Å². The molecule has 3 aromatic rings. The van der Waals surface area contributed by atoms with Gasteiger partial charge in [-0.25, -0.2) is 4.98 Å². The van der Waals surface area contributed by atoms with Crippen molar-refractivity contribution in [1.82, 2.24) is 15.0 Å². The number of hydrogen-bond acceptors (Lipinski definition) is 3. The molecular formula is C20H21N3O2. The van der Waals surface area contributed by atoms with Gasteiger partial charge in [0.2, 0.25) is 0 Å². The molecule has 0 spiro atoms. The number of ether oxygens (including phenoxy) is 1. The lowest BCUT2D eigenvalue weighted by atomic mass is 9.93. The average molecular weight is 335 g/mol. The van der Waals surface area contributed by atoms with Crippen molar-refractivity contribution in [3.8, 4) is 0 Å². The van der Waals surface area contributed by atoms with Crippen molar-refractivity contribution in [1.29, 1.82) is 0 Å². The number of hydrogen-bond donors (Lipinski definition) is 2. The lowest BCUT2D eigenvalue weighted by molar-refractivity contribution is 0.150. The first kappa shape index (κ1) is 15.7. The predicted octanol–water partition coefficient (Wildman–Crippen LogP) is 4.20. The van der Waals surface area contributed by atoms with E-state index < -0.39 is 0 Å². The molecule has 1 aliphatic rings. The topological polar surface area (TPSA) is 70.8 Å². The van der Waals surface area contributed by atoms with Gasteiger partial charge in [0.15, 0.2) is 0 Å². The van der Waals surface area contributed by atoms with Crippen molar-refractivity contribution in [3.63, 3.8) is 0 Å². The molecule has 0 bridgehead atoms. The van der Waals surface area contributed by atoms with Crippen LogP contribution in [-0.4, -0.2) is 21.1 Å². The molecule has 5 nitrogen and oxygen atoms in total. The Morgan fingerprint density at radius 3 is 2.72 bits per heavy atom. The molecule has 128 valence electrons. The van der Waals surface area contributed by atoms with Crippen LogP contribution in [0.15, 0.2) is 40.4 Å². The molecule has 3 heterocycles. The molecule has 0 amide bonds. The van der Waals surface area contributed by atoms with Gasteiger partial charge in [0.1, 0.15) is 23.3 Å². The SMILES string of the molecule is CCC1C=C(C)C(c2ccc3c(c2)[nH]c2nc(C)[nH]c(=O)c23)=C(C)O1. The van der Waals surface area contributed by atoms with Crippen LogP contribution in [0, 0.1) is 6.92 Å². The lowest BCUT2D eigenvalue weighted by Gasteiger charge is -2.25. The lowest BCUT2D eigenvalue weighted by Crippen LogP contribution is -2.14. The van der Waals surface area contributed by atoms with Crippen molar-refractivity contribution < 1.29 is 4.74 Å². The van der Waals surface area contributed by atoms with Gasteiger partial charge in [0, 0.05) is 16.5 Å². The first-order chi connectivity index (χ1) is 12.0. The summed E-state index contributed by atoms with van der Waals surface area (Å²) in [4.78, 5) is 22.7. The highest BCUT2D eigenvalue weighted by atomic mass is 16.5. The third-order valence-corrected chi connectivity index (χ3v) is 4.78. The summed E-state index contributed by atoms with van der Waals surface area (Å²) in [5.74, 6) is 1.54. The molecule has 25 heavy (non-hydrogen) atoms. The Labute approximate surface area is 145 Å². The Balaban J connectivity index is 1.91. The number of fused-ring (bicyclic) bond motifs is 3. The van der Waals surface area contributed by atoms with Gasteiger partial charge in [-0.3, -0.25) is 4.79 Å². The zero-order valence-corrected chi connectivity index (χ0v) is 14.9. The molecule has 1 atom stereocenters. The maximum absolute atomic E-state index is 12.3. The van der Waals surface area contributed by atoms with E-state index >= 15 is 0 Å². The van der Waals surface area contributed by atoms with Crippen LogP contribution in [0.3, 0.4) is 0 Å². The second kappa shape index (κ2) is 5.62. The van der Waals surface area contributed by atoms with Crippen LogP contribution in [0.1, 0.15) is 38.6 Å². The summed E-state index contributed by atoms with van der Waals surface area (Å²) >= 11 is 0. The van der Waals surface area contributed by atoms with Crippen LogP contribution in [0.2, 0.25) is 0 Å². The largest absolute Gasteiger partial charge is 0.490 e. The van der Waals surface area contributed by atoms with E-state index in [1.54, 1.807) is 6.92 Å². The molecule has 1 aromatic carbocycles. The van der Waals surface area contributed by atoms with Crippen molar-refractivity contribution in [2.24, 2.45) is 0 Å². The number of aromatic amines is 2. The standard InChI is InChI=1S/C20H21N3O2/c1-5-14-8-10(2)17(11(3)25-14)13-6-7-15-16(9-13)23-19-18(15)20(24)22-12(4)21-19/h6-9,14H,5H2,1-4H3,(H2,21,22,23,24). The summed E-state index contributed by atoms with van der Waals surface area (Å²) in [5, 5.41) is 1.49. The molecule has 0 saturated carbocycles. The maximum Gasteiger partial charge on any atom is 0.261 e. The fourth-order valence-corrected chi connectivity index (χ4v) is 3.67. The minimum atomic E-state index is -0.111. The number of allylic oxidation sites excluding steroid dienone is 3. The Bertz CT molecular complexity index is 1120. The molecule has 2 N–H and O–H groups in total. The van der Waals surface area contributed by atoms with Gasteiger partial charge in [-0.15, -0.1) is 0 Å². The van der Waals surface area contributed by atoms with E-state index in [0.717, 1.165) is 34.2 Å². The van der Waals surface area contributed by atoms with E-state index in [1.165, 1.54) is 5.57 Å². The van der Waals surface area contributed by atoms with Gasteiger partial charge in [-0.1, -0.05) is 19.1 Å². The molecule has 0 aliphatic carbocycles. The molecule has 2 aromatic heterocycles. The van der Waals surface area contributed by atoms with Crippen molar-refractivity contribution in [2.45, 2.75) is 40.2 Å². The molecule has 4 rings (SSSR count). The number of aryl methyl sites for hydroxylation is 1. The average Bonchev–Trinajstić information content (AvgIpc) is 2.91. The van der Waals surface area contributed by atoms with Crippen LogP contribution in [0.5, 0.6) is 0 Å². The summed E-state index contributed by atoms with van der Waals surface area (Å²) in [6.07, 6.45) is 3.27. The van der Waals surface area contributed by atoms with Crippen molar-refractivity contribution in [3.05, 3.63) is 57.3 Å². The van der Waals surface area contributed by atoms with E-state index in [-0.39, 0.29) is 11.7 Å². The highest BCUT2D eigenvalue weighted by molar-refractivity contribution is 6.06. The van der Waals surface area contributed by atoms with Crippen LogP contribution in [-0.2, 0) is 4.74 Å². The predicted molar refractivity (Wildman–Crippen MR) is 100 cm³/mol. The minimum Gasteiger partial charge on any atom is -0.490 e. The summed E-state index contributed by atoms with van der Waals surface area (Å²) in [6.45, 7) is 8.04. The zero-order valence-electron chi connectivity index (χ0n) is 14.9. The molecular weight excluding hydrogens is 314 g/mol. The van der Waals surface area contributed by atoms with Gasteiger partial charge in [0.25, 0.3) is 5.56 Å². The van der Waals surface area contributed by atoms with Crippen LogP contribution in [0.4, 0.5) is 0 Å². The fraction of sp³-hybridized carbons (Fsp3) is 0.300. The number of aromatic nitrogens is 3. The third-order valence-electron chi connectivity index (χ3n) is 4.78. The first-order valence-corrected chi connectivity index (χ1v) is 8.57. The van der Waals surface area contributed by atoms with Crippen LogP contribution >= 0.6 is 0 Å². The molecule has 5 heteroatoms. The van der Waals surface area contributed by atoms with E-state index in [0.29, 0.717) is 16.9 Å². The van der Waals surface area contributed by atoms with Gasteiger partial charge >= 0.3 is 0 Å². The van der Waals surface area contributed by atoms with E-state index in [4.69, 9.17) is 4.74 Å². The van der Waals surface area contributed by atoms with Gasteiger partial charge < -0.3 is 14.7 Å². The number of nitrogens with one attached hydrogen (secondary N) is 2. The van der Waals surface area contributed by atoms with Crippen LogP contribution < -0.4 is 5.56 Å². The normalized spacial score (nSPS) is 17.9. The van der Waals surface area contributed by atoms with Crippen LogP contribution in [0.25, 0.3) is 27.5 Å². The monoisotopic (exact) mass is 335 g/mol. The van der Waals surface area contributed by atoms with Gasteiger partial charge in [-0.2, -0.15) is 0 Å². The molecule has 0 fully saturated rings. The maximum atomic E-state index is 12.3. The molecule has 0 radical (unpaired) electrons. The fourth-order valence-electron chi connectivity index (χ4n) is 3.67.